The van der Waals surface area contributed by atoms with Crippen LogP contribution in [-0.2, 0) is 15.0 Å². The number of carbonyl (C=O) groups excluding carboxylic acids is 1. The summed E-state index contributed by atoms with van der Waals surface area (Å²) in [6.07, 6.45) is 5.98. The Balaban J connectivity index is 1.39. The fraction of sp³-hybridized carbons (Fsp3) is 0.435. The van der Waals surface area contributed by atoms with E-state index in [4.69, 9.17) is 0 Å². The van der Waals surface area contributed by atoms with Gasteiger partial charge in [-0.1, -0.05) is 6.07 Å². The maximum absolute atomic E-state index is 12.5. The number of hydrogen-bond donors (Lipinski definition) is 2. The summed E-state index contributed by atoms with van der Waals surface area (Å²) >= 11 is 3.53. The zero-order valence-corrected chi connectivity index (χ0v) is 20.5. The van der Waals surface area contributed by atoms with Crippen molar-refractivity contribution in [2.24, 2.45) is 5.92 Å². The van der Waals surface area contributed by atoms with E-state index in [2.05, 4.69) is 36.6 Å². The van der Waals surface area contributed by atoms with Gasteiger partial charge >= 0.3 is 0 Å². The Morgan fingerprint density at radius 1 is 1.22 bits per heavy atom. The number of amides is 1. The van der Waals surface area contributed by atoms with E-state index >= 15 is 0 Å². The van der Waals surface area contributed by atoms with E-state index in [1.165, 1.54) is 0 Å². The molecule has 1 aromatic carbocycles. The van der Waals surface area contributed by atoms with Crippen LogP contribution in [0.25, 0.3) is 16.9 Å². The average molecular weight is 517 g/mol. The van der Waals surface area contributed by atoms with Crippen LogP contribution < -0.4 is 10.6 Å². The molecule has 0 bridgehead atoms. The summed E-state index contributed by atoms with van der Waals surface area (Å²) in [5, 5.41) is 11.2. The first kappa shape index (κ1) is 21.6. The zero-order valence-electron chi connectivity index (χ0n) is 18.0. The van der Waals surface area contributed by atoms with Gasteiger partial charge < -0.3 is 10.6 Å². The quantitative estimate of drug-likeness (QED) is 0.383. The highest BCUT2D eigenvalue weighted by Gasteiger charge is 2.25. The minimum atomic E-state index is -0.987. The molecule has 1 saturated carbocycles. The van der Waals surface area contributed by atoms with Gasteiger partial charge in [0.2, 0.25) is 0 Å². The normalized spacial score (nSPS) is 20.9. The smallest absolute Gasteiger partial charge is 0.251 e. The SMILES string of the molecule is Cc1cc(-c2cnc3c(NCC4CC[SH+](=O)CC4)cc(Br)nn23)ccc1C(=O)NC1CC1. The summed E-state index contributed by atoms with van der Waals surface area (Å²) < 4.78 is 14.2. The molecule has 2 fully saturated rings. The molecule has 1 saturated heterocycles. The standard InChI is InChI=1S/C23H26BrN5O2S/c1-14-10-16(2-5-18(14)23(30)27-17-3-4-17)20-13-26-22-19(11-21(24)28-29(20)22)25-12-15-6-8-32(31)9-7-15/h2,5,10-11,13,15,17,25H,3-4,6-9,12H2,1H3,(H,27,30)/p+1. The minimum absolute atomic E-state index is 0.00527. The van der Waals surface area contributed by atoms with Gasteiger partial charge in [0.25, 0.3) is 5.91 Å². The Bertz CT molecular complexity index is 1200. The van der Waals surface area contributed by atoms with Crippen molar-refractivity contribution in [3.05, 3.63) is 46.2 Å². The number of carbonyl (C=O) groups is 1. The second-order valence-corrected chi connectivity index (χ2v) is 11.5. The number of hydrogen-bond acceptors (Lipinski definition) is 5. The molecule has 2 N–H and O–H groups in total. The van der Waals surface area contributed by atoms with Crippen molar-refractivity contribution in [2.45, 2.75) is 38.6 Å². The summed E-state index contributed by atoms with van der Waals surface area (Å²) in [5.41, 5.74) is 5.16. The summed E-state index contributed by atoms with van der Waals surface area (Å²) in [4.78, 5) is 17.1. The average Bonchev–Trinajstić information content (AvgIpc) is 3.48. The molecule has 1 aliphatic carbocycles. The van der Waals surface area contributed by atoms with Crippen LogP contribution in [-0.4, -0.2) is 44.6 Å². The number of benzene rings is 1. The van der Waals surface area contributed by atoms with Crippen molar-refractivity contribution >= 4 is 44.0 Å². The summed E-state index contributed by atoms with van der Waals surface area (Å²) in [5.74, 6) is 2.19. The van der Waals surface area contributed by atoms with E-state index in [0.717, 1.165) is 76.5 Å². The molecule has 0 atom stereocenters. The van der Waals surface area contributed by atoms with Gasteiger partial charge in [-0.15, -0.1) is 4.21 Å². The Kier molecular flexibility index (Phi) is 6.03. The fourth-order valence-corrected chi connectivity index (χ4v) is 6.12. The Morgan fingerprint density at radius 2 is 2.00 bits per heavy atom. The third kappa shape index (κ3) is 4.59. The summed E-state index contributed by atoms with van der Waals surface area (Å²) in [6.45, 7) is 2.80. The number of anilines is 1. The van der Waals surface area contributed by atoms with Crippen molar-refractivity contribution < 1.29 is 9.00 Å². The fourth-order valence-electron chi connectivity index (χ4n) is 4.20. The van der Waals surface area contributed by atoms with Crippen LogP contribution in [0.4, 0.5) is 5.69 Å². The number of nitrogens with zero attached hydrogens (tertiary/aromatic N) is 3. The van der Waals surface area contributed by atoms with Crippen molar-refractivity contribution in [1.82, 2.24) is 19.9 Å². The lowest BCUT2D eigenvalue weighted by Gasteiger charge is -2.19. The van der Waals surface area contributed by atoms with E-state index < -0.39 is 10.8 Å². The molecule has 3 aromatic rings. The molecule has 1 amide bonds. The highest BCUT2D eigenvalue weighted by molar-refractivity contribution is 9.10. The predicted molar refractivity (Wildman–Crippen MR) is 132 cm³/mol. The van der Waals surface area contributed by atoms with Crippen LogP contribution >= 0.6 is 15.9 Å². The molecule has 0 unspecified atom stereocenters. The van der Waals surface area contributed by atoms with Crippen molar-refractivity contribution in [1.29, 1.82) is 0 Å². The lowest BCUT2D eigenvalue weighted by molar-refractivity contribution is 0.0950. The number of imidazole rings is 1. The maximum Gasteiger partial charge on any atom is 0.251 e. The van der Waals surface area contributed by atoms with Gasteiger partial charge in [-0.25, -0.2) is 9.50 Å². The van der Waals surface area contributed by atoms with Gasteiger partial charge in [-0.05, 0) is 78.2 Å². The van der Waals surface area contributed by atoms with Crippen LogP contribution in [0.3, 0.4) is 0 Å². The highest BCUT2D eigenvalue weighted by Crippen LogP contribution is 2.28. The first-order chi connectivity index (χ1) is 15.5. The second-order valence-electron chi connectivity index (χ2n) is 8.79. The van der Waals surface area contributed by atoms with Gasteiger partial charge in [0, 0.05) is 23.7 Å². The Morgan fingerprint density at radius 3 is 2.72 bits per heavy atom. The zero-order chi connectivity index (χ0) is 22.2. The van der Waals surface area contributed by atoms with Crippen molar-refractivity contribution in [2.75, 3.05) is 23.4 Å². The van der Waals surface area contributed by atoms with Crippen molar-refractivity contribution in [3.8, 4) is 11.3 Å². The summed E-state index contributed by atoms with van der Waals surface area (Å²) in [6, 6.07) is 8.14. The van der Waals surface area contributed by atoms with Crippen LogP contribution in [0, 0.1) is 12.8 Å². The number of aryl methyl sites for hydroxylation is 1. The van der Waals surface area contributed by atoms with Gasteiger partial charge in [-0.3, -0.25) is 4.79 Å². The summed E-state index contributed by atoms with van der Waals surface area (Å²) in [7, 11) is -0.987. The molecular formula is C23H27BrN5O2S+. The topological polar surface area (TPSA) is 88.4 Å². The van der Waals surface area contributed by atoms with Gasteiger partial charge in [-0.2, -0.15) is 5.10 Å². The molecule has 3 heterocycles. The largest absolute Gasteiger partial charge is 0.382 e. The highest BCUT2D eigenvalue weighted by atomic mass is 79.9. The van der Waals surface area contributed by atoms with E-state index in [-0.39, 0.29) is 5.91 Å². The lowest BCUT2D eigenvalue weighted by Crippen LogP contribution is -2.26. The third-order valence-corrected chi connectivity index (χ3v) is 8.17. The molecule has 2 aliphatic rings. The molecule has 5 rings (SSSR count). The van der Waals surface area contributed by atoms with Gasteiger partial charge in [0.15, 0.2) is 5.65 Å². The Labute approximate surface area is 198 Å². The third-order valence-electron chi connectivity index (χ3n) is 6.27. The van der Waals surface area contributed by atoms with Crippen LogP contribution in [0.2, 0.25) is 0 Å². The molecule has 9 heteroatoms. The monoisotopic (exact) mass is 516 g/mol. The first-order valence-corrected chi connectivity index (χ1v) is 13.5. The number of thiol groups is 1. The van der Waals surface area contributed by atoms with E-state index in [1.54, 1.807) is 0 Å². The molecule has 0 radical (unpaired) electrons. The van der Waals surface area contributed by atoms with Crippen LogP contribution in [0.1, 0.15) is 41.6 Å². The van der Waals surface area contributed by atoms with Crippen molar-refractivity contribution in [3.63, 3.8) is 0 Å². The molecule has 2 aromatic heterocycles. The molecule has 32 heavy (non-hydrogen) atoms. The van der Waals surface area contributed by atoms with E-state index in [0.29, 0.717) is 17.5 Å². The molecule has 0 spiro atoms. The lowest BCUT2D eigenvalue weighted by atomic mass is 10.0. The first-order valence-electron chi connectivity index (χ1n) is 11.1. The van der Waals surface area contributed by atoms with E-state index in [9.17, 15) is 9.00 Å². The van der Waals surface area contributed by atoms with E-state index in [1.807, 2.05) is 41.9 Å². The minimum Gasteiger partial charge on any atom is -0.382 e. The number of fused-ring (bicyclic) bond motifs is 1. The molecular weight excluding hydrogens is 490 g/mol. The second kappa shape index (κ2) is 8.94. The van der Waals surface area contributed by atoms with Gasteiger partial charge in [0.05, 0.1) is 28.4 Å². The Hall–Kier alpha value is -2.26. The number of rotatable bonds is 6. The number of halogens is 1. The predicted octanol–water partition coefficient (Wildman–Crippen LogP) is 3.88. The number of nitrogens with one attached hydrogen (secondary N) is 2. The molecule has 7 nitrogen and oxygen atoms in total. The van der Waals surface area contributed by atoms with Crippen LogP contribution in [0.5, 0.6) is 0 Å². The number of aromatic nitrogens is 3. The van der Waals surface area contributed by atoms with Gasteiger partial charge in [0.1, 0.15) is 16.1 Å². The maximum atomic E-state index is 12.5. The molecule has 168 valence electrons. The van der Waals surface area contributed by atoms with Crippen LogP contribution in [0.15, 0.2) is 35.1 Å². The molecule has 1 aliphatic heterocycles.